The molecule has 0 saturated carbocycles. The summed E-state index contributed by atoms with van der Waals surface area (Å²) >= 11 is 0. The number of likely N-dealkylation sites (tertiary alicyclic amines) is 1. The van der Waals surface area contributed by atoms with Crippen molar-refractivity contribution in [2.45, 2.75) is 56.4 Å². The SMILES string of the molecule is O=C(NCCN1CCC(c2cccc(C(F)(F)F)n2)CC1)[C@H]1C[C@@H]2CC[C@H]1O2. The van der Waals surface area contributed by atoms with Crippen LogP contribution in [0.4, 0.5) is 13.2 Å². The molecule has 0 radical (unpaired) electrons. The largest absolute Gasteiger partial charge is 0.433 e. The van der Waals surface area contributed by atoms with Crippen LogP contribution in [0.3, 0.4) is 0 Å². The molecule has 5 nitrogen and oxygen atoms in total. The van der Waals surface area contributed by atoms with Crippen molar-refractivity contribution in [3.63, 3.8) is 0 Å². The maximum Gasteiger partial charge on any atom is 0.433 e. The van der Waals surface area contributed by atoms with Crippen molar-refractivity contribution in [2.75, 3.05) is 26.2 Å². The van der Waals surface area contributed by atoms with E-state index >= 15 is 0 Å². The standard InChI is InChI=1S/C20H26F3N3O2/c21-20(22,23)18-3-1-2-16(25-18)13-6-9-26(10-7-13)11-8-24-19(27)15-12-14-4-5-17(15)28-14/h1-3,13-15,17H,4-12H2,(H,24,27)/t14-,15-,17+/m0/s1. The lowest BCUT2D eigenvalue weighted by Crippen LogP contribution is -2.42. The van der Waals surface area contributed by atoms with Gasteiger partial charge in [-0.25, -0.2) is 4.98 Å². The normalized spacial score (nSPS) is 28.6. The Bertz CT molecular complexity index is 704. The van der Waals surface area contributed by atoms with E-state index in [4.69, 9.17) is 4.74 Å². The van der Waals surface area contributed by atoms with Gasteiger partial charge >= 0.3 is 6.18 Å². The van der Waals surface area contributed by atoms with Gasteiger partial charge in [0.15, 0.2) is 0 Å². The molecule has 0 spiro atoms. The number of piperidine rings is 1. The van der Waals surface area contributed by atoms with Crippen molar-refractivity contribution in [2.24, 2.45) is 5.92 Å². The number of fused-ring (bicyclic) bond motifs is 2. The van der Waals surface area contributed by atoms with Gasteiger partial charge in [-0.3, -0.25) is 4.79 Å². The molecule has 1 aromatic rings. The second kappa shape index (κ2) is 7.99. The van der Waals surface area contributed by atoms with Crippen molar-refractivity contribution >= 4 is 5.91 Å². The molecule has 0 aliphatic carbocycles. The molecule has 1 aromatic heterocycles. The Hall–Kier alpha value is -1.67. The van der Waals surface area contributed by atoms with Crippen molar-refractivity contribution in [3.8, 4) is 0 Å². The first-order valence-electron chi connectivity index (χ1n) is 10.1. The monoisotopic (exact) mass is 397 g/mol. The maximum absolute atomic E-state index is 12.8. The quantitative estimate of drug-likeness (QED) is 0.830. The van der Waals surface area contributed by atoms with Gasteiger partial charge < -0.3 is 15.0 Å². The number of ether oxygens (including phenoxy) is 1. The van der Waals surface area contributed by atoms with E-state index in [9.17, 15) is 18.0 Å². The fourth-order valence-corrected chi connectivity index (χ4v) is 4.67. The minimum absolute atomic E-state index is 0.00327. The summed E-state index contributed by atoms with van der Waals surface area (Å²) < 4.78 is 44.3. The number of hydrogen-bond acceptors (Lipinski definition) is 4. The van der Waals surface area contributed by atoms with Crippen LogP contribution in [0.5, 0.6) is 0 Å². The third-order valence-corrected chi connectivity index (χ3v) is 6.24. The van der Waals surface area contributed by atoms with E-state index in [-0.39, 0.29) is 30.0 Å². The highest BCUT2D eigenvalue weighted by molar-refractivity contribution is 5.79. The number of amides is 1. The highest BCUT2D eigenvalue weighted by atomic mass is 19.4. The summed E-state index contributed by atoms with van der Waals surface area (Å²) in [6.07, 6.45) is 0.421. The zero-order valence-corrected chi connectivity index (χ0v) is 15.8. The molecule has 3 aliphatic heterocycles. The highest BCUT2D eigenvalue weighted by Gasteiger charge is 2.44. The van der Waals surface area contributed by atoms with Gasteiger partial charge in [0.1, 0.15) is 5.69 Å². The molecule has 154 valence electrons. The number of aromatic nitrogens is 1. The highest BCUT2D eigenvalue weighted by Crippen LogP contribution is 2.38. The number of carbonyl (C=O) groups is 1. The summed E-state index contributed by atoms with van der Waals surface area (Å²) in [6.45, 7) is 2.96. The van der Waals surface area contributed by atoms with Crippen LogP contribution in [0.25, 0.3) is 0 Å². The van der Waals surface area contributed by atoms with Crippen molar-refractivity contribution in [1.29, 1.82) is 0 Å². The van der Waals surface area contributed by atoms with Crippen LogP contribution in [-0.4, -0.2) is 54.2 Å². The molecule has 4 rings (SSSR count). The van der Waals surface area contributed by atoms with Crippen LogP contribution in [0.15, 0.2) is 18.2 Å². The van der Waals surface area contributed by atoms with Crippen molar-refractivity contribution in [1.82, 2.24) is 15.2 Å². The van der Waals surface area contributed by atoms with E-state index < -0.39 is 11.9 Å². The Morgan fingerprint density at radius 2 is 2.00 bits per heavy atom. The van der Waals surface area contributed by atoms with Crippen molar-refractivity contribution in [3.05, 3.63) is 29.6 Å². The molecule has 1 N–H and O–H groups in total. The first kappa shape index (κ1) is 19.6. The Morgan fingerprint density at radius 1 is 1.21 bits per heavy atom. The molecule has 3 saturated heterocycles. The van der Waals surface area contributed by atoms with Crippen LogP contribution >= 0.6 is 0 Å². The first-order valence-corrected chi connectivity index (χ1v) is 10.1. The van der Waals surface area contributed by atoms with Gasteiger partial charge in [-0.1, -0.05) is 6.07 Å². The van der Waals surface area contributed by atoms with E-state index in [2.05, 4.69) is 15.2 Å². The number of halogens is 3. The number of hydrogen-bond donors (Lipinski definition) is 1. The van der Waals surface area contributed by atoms with Gasteiger partial charge in [0.05, 0.1) is 18.1 Å². The number of nitrogens with one attached hydrogen (secondary N) is 1. The molecule has 4 heterocycles. The summed E-state index contributed by atoms with van der Waals surface area (Å²) in [4.78, 5) is 18.4. The lowest BCUT2D eigenvalue weighted by molar-refractivity contribution is -0.141. The molecule has 3 aliphatic rings. The molecular weight excluding hydrogens is 371 g/mol. The van der Waals surface area contributed by atoms with E-state index in [1.165, 1.54) is 6.07 Å². The summed E-state index contributed by atoms with van der Waals surface area (Å²) in [7, 11) is 0. The Kier molecular flexibility index (Phi) is 5.60. The second-order valence-electron chi connectivity index (χ2n) is 8.07. The van der Waals surface area contributed by atoms with Crippen LogP contribution in [0, 0.1) is 5.92 Å². The van der Waals surface area contributed by atoms with Crippen LogP contribution in [-0.2, 0) is 15.7 Å². The number of alkyl halides is 3. The fourth-order valence-electron chi connectivity index (χ4n) is 4.67. The molecular formula is C20H26F3N3O2. The molecule has 0 aromatic carbocycles. The number of nitrogens with zero attached hydrogens (tertiary/aromatic N) is 2. The van der Waals surface area contributed by atoms with Gasteiger partial charge in [-0.05, 0) is 57.3 Å². The lowest BCUT2D eigenvalue weighted by atomic mass is 9.88. The van der Waals surface area contributed by atoms with Gasteiger partial charge in [0.25, 0.3) is 0 Å². The predicted octanol–water partition coefficient (Wildman–Crippen LogP) is 2.96. The second-order valence-corrected chi connectivity index (χ2v) is 8.07. The minimum atomic E-state index is -4.40. The smallest absolute Gasteiger partial charge is 0.374 e. The van der Waals surface area contributed by atoms with Crippen molar-refractivity contribution < 1.29 is 22.7 Å². The fraction of sp³-hybridized carbons (Fsp3) is 0.700. The zero-order valence-electron chi connectivity index (χ0n) is 15.8. The molecule has 3 atom stereocenters. The van der Waals surface area contributed by atoms with E-state index in [0.717, 1.165) is 57.8 Å². The molecule has 28 heavy (non-hydrogen) atoms. The van der Waals surface area contributed by atoms with Gasteiger partial charge in [0, 0.05) is 24.7 Å². The minimum Gasteiger partial charge on any atom is -0.374 e. The molecule has 8 heteroatoms. The molecule has 1 amide bonds. The van der Waals surface area contributed by atoms with E-state index in [1.807, 2.05) is 0 Å². The van der Waals surface area contributed by atoms with Crippen LogP contribution < -0.4 is 5.32 Å². The number of carbonyl (C=O) groups excluding carboxylic acids is 1. The van der Waals surface area contributed by atoms with Crippen LogP contribution in [0.2, 0.25) is 0 Å². The third-order valence-electron chi connectivity index (χ3n) is 6.24. The number of rotatable bonds is 5. The Morgan fingerprint density at radius 3 is 2.64 bits per heavy atom. The molecule has 2 bridgehead atoms. The Balaban J connectivity index is 1.20. The summed E-state index contributed by atoms with van der Waals surface area (Å²) in [5, 5.41) is 3.03. The van der Waals surface area contributed by atoms with Gasteiger partial charge in [-0.2, -0.15) is 13.2 Å². The van der Waals surface area contributed by atoms with Gasteiger partial charge in [0.2, 0.25) is 5.91 Å². The first-order chi connectivity index (χ1) is 13.4. The Labute approximate surface area is 162 Å². The summed E-state index contributed by atoms with van der Waals surface area (Å²) in [5.41, 5.74) is -0.293. The average molecular weight is 397 g/mol. The lowest BCUT2D eigenvalue weighted by Gasteiger charge is -2.32. The average Bonchev–Trinajstić information content (AvgIpc) is 3.31. The topological polar surface area (TPSA) is 54.5 Å². The molecule has 3 fully saturated rings. The van der Waals surface area contributed by atoms with E-state index in [0.29, 0.717) is 12.2 Å². The zero-order chi connectivity index (χ0) is 19.7. The third kappa shape index (κ3) is 4.33. The predicted molar refractivity (Wildman–Crippen MR) is 96.7 cm³/mol. The van der Waals surface area contributed by atoms with Gasteiger partial charge in [-0.15, -0.1) is 0 Å². The van der Waals surface area contributed by atoms with Crippen LogP contribution in [0.1, 0.15) is 49.4 Å². The molecule has 0 unspecified atom stereocenters. The maximum atomic E-state index is 12.8. The summed E-state index contributed by atoms with van der Waals surface area (Å²) in [5.74, 6) is 0.144. The number of pyridine rings is 1. The van der Waals surface area contributed by atoms with E-state index in [1.54, 1.807) is 6.07 Å². The summed E-state index contributed by atoms with van der Waals surface area (Å²) in [6, 6.07) is 4.14.